The van der Waals surface area contributed by atoms with E-state index in [0.717, 1.165) is 17.1 Å². The maximum absolute atomic E-state index is 11.8. The second-order valence-corrected chi connectivity index (χ2v) is 6.80. The largest absolute Gasteiger partial charge is 0.337 e. The minimum atomic E-state index is -0.108. The molecule has 3 nitrogen and oxygen atoms in total. The number of carbonyl (C=O) groups excluding carboxylic acids is 1. The normalized spacial score (nSPS) is 11.9. The van der Waals surface area contributed by atoms with Gasteiger partial charge in [-0.05, 0) is 23.9 Å². The van der Waals surface area contributed by atoms with E-state index in [1.54, 1.807) is 11.3 Å². The quantitative estimate of drug-likeness (QED) is 0.756. The first-order valence-electron chi connectivity index (χ1n) is 6.95. The molecule has 2 amide bonds. The van der Waals surface area contributed by atoms with Crippen molar-refractivity contribution in [3.63, 3.8) is 0 Å². The van der Waals surface area contributed by atoms with Gasteiger partial charge in [0.25, 0.3) is 0 Å². The van der Waals surface area contributed by atoms with Gasteiger partial charge >= 0.3 is 6.03 Å². The van der Waals surface area contributed by atoms with E-state index in [4.69, 9.17) is 0 Å². The smallest absolute Gasteiger partial charge is 0.315 e. The third-order valence-electron chi connectivity index (χ3n) is 3.00. The van der Waals surface area contributed by atoms with E-state index in [9.17, 15) is 4.79 Å². The van der Waals surface area contributed by atoms with Crippen LogP contribution in [0.25, 0.3) is 0 Å². The number of urea groups is 1. The Hall–Kier alpha value is -1.46. The van der Waals surface area contributed by atoms with Crippen molar-refractivity contribution in [3.05, 3.63) is 58.3 Å². The van der Waals surface area contributed by atoms with Gasteiger partial charge in [-0.1, -0.05) is 36.4 Å². The molecule has 2 aromatic rings. The molecule has 0 aliphatic carbocycles. The minimum absolute atomic E-state index is 0.0185. The van der Waals surface area contributed by atoms with Gasteiger partial charge in [-0.3, -0.25) is 0 Å². The van der Waals surface area contributed by atoms with Gasteiger partial charge in [-0.2, -0.15) is 11.8 Å². The summed E-state index contributed by atoms with van der Waals surface area (Å²) in [6.45, 7) is 2.67. The van der Waals surface area contributed by atoms with E-state index in [0.29, 0.717) is 6.54 Å². The standard InChI is InChI=1S/C16H20N2OS2/c1-13(14-6-3-2-4-7-14)18-16(19)17-9-11-20-12-15-8-5-10-21-15/h2-8,10,13H,9,11-12H2,1H3,(H2,17,18,19)/t13-/m1/s1. The van der Waals surface area contributed by atoms with Crippen molar-refractivity contribution in [2.75, 3.05) is 12.3 Å². The van der Waals surface area contributed by atoms with Gasteiger partial charge < -0.3 is 10.6 Å². The Labute approximate surface area is 134 Å². The van der Waals surface area contributed by atoms with Crippen molar-refractivity contribution in [1.29, 1.82) is 0 Å². The fraction of sp³-hybridized carbons (Fsp3) is 0.312. The molecular formula is C16H20N2OS2. The van der Waals surface area contributed by atoms with Crippen molar-refractivity contribution in [2.45, 2.75) is 18.7 Å². The van der Waals surface area contributed by atoms with E-state index in [-0.39, 0.29) is 12.1 Å². The highest BCUT2D eigenvalue weighted by Gasteiger charge is 2.07. The lowest BCUT2D eigenvalue weighted by molar-refractivity contribution is 0.238. The van der Waals surface area contributed by atoms with E-state index in [1.165, 1.54) is 4.88 Å². The molecule has 0 unspecified atom stereocenters. The van der Waals surface area contributed by atoms with E-state index < -0.39 is 0 Å². The Morgan fingerprint density at radius 1 is 1.24 bits per heavy atom. The van der Waals surface area contributed by atoms with Crippen molar-refractivity contribution in [3.8, 4) is 0 Å². The average molecular weight is 320 g/mol. The van der Waals surface area contributed by atoms with Crippen LogP contribution in [0.3, 0.4) is 0 Å². The SMILES string of the molecule is C[C@@H](NC(=O)NCCSCc1cccs1)c1ccccc1. The number of amides is 2. The predicted octanol–water partition coefficient (Wildman–Crippen LogP) is 4.04. The maximum Gasteiger partial charge on any atom is 0.315 e. The van der Waals surface area contributed by atoms with Gasteiger partial charge in [0.15, 0.2) is 0 Å². The molecular weight excluding hydrogens is 300 g/mol. The maximum atomic E-state index is 11.8. The summed E-state index contributed by atoms with van der Waals surface area (Å²) >= 11 is 3.61. The molecule has 0 saturated carbocycles. The van der Waals surface area contributed by atoms with Crippen LogP contribution in [0, 0.1) is 0 Å². The Balaban J connectivity index is 1.59. The molecule has 1 aromatic heterocycles. The van der Waals surface area contributed by atoms with E-state index >= 15 is 0 Å². The van der Waals surface area contributed by atoms with Crippen LogP contribution < -0.4 is 10.6 Å². The van der Waals surface area contributed by atoms with Crippen molar-refractivity contribution in [2.24, 2.45) is 0 Å². The third-order valence-corrected chi connectivity index (χ3v) is 5.07. The number of thioether (sulfide) groups is 1. The van der Waals surface area contributed by atoms with Gasteiger partial charge in [0.2, 0.25) is 0 Å². The summed E-state index contributed by atoms with van der Waals surface area (Å²) in [6.07, 6.45) is 0. The molecule has 21 heavy (non-hydrogen) atoms. The Kier molecular flexibility index (Phi) is 6.63. The number of hydrogen-bond donors (Lipinski definition) is 2. The second kappa shape index (κ2) is 8.74. The number of benzene rings is 1. The van der Waals surface area contributed by atoms with Crippen LogP contribution in [0.4, 0.5) is 4.79 Å². The molecule has 1 aromatic carbocycles. The summed E-state index contributed by atoms with van der Waals surface area (Å²) in [5.74, 6) is 1.94. The zero-order valence-electron chi connectivity index (χ0n) is 12.0. The van der Waals surface area contributed by atoms with Gasteiger partial charge in [0, 0.05) is 22.9 Å². The number of rotatable bonds is 7. The third kappa shape index (κ3) is 5.81. The summed E-state index contributed by atoms with van der Waals surface area (Å²) in [5, 5.41) is 7.93. The first kappa shape index (κ1) is 15.9. The van der Waals surface area contributed by atoms with Crippen LogP contribution in [0.15, 0.2) is 47.8 Å². The Bertz CT molecular complexity index is 528. The Morgan fingerprint density at radius 3 is 2.76 bits per heavy atom. The van der Waals surface area contributed by atoms with Crippen molar-refractivity contribution < 1.29 is 4.79 Å². The predicted molar refractivity (Wildman–Crippen MR) is 91.9 cm³/mol. The molecule has 2 rings (SSSR count). The Morgan fingerprint density at radius 2 is 2.05 bits per heavy atom. The summed E-state index contributed by atoms with van der Waals surface area (Å²) < 4.78 is 0. The number of hydrogen-bond acceptors (Lipinski definition) is 3. The highest BCUT2D eigenvalue weighted by atomic mass is 32.2. The molecule has 2 N–H and O–H groups in total. The second-order valence-electron chi connectivity index (χ2n) is 4.66. The summed E-state index contributed by atoms with van der Waals surface area (Å²) in [4.78, 5) is 13.2. The lowest BCUT2D eigenvalue weighted by Crippen LogP contribution is -2.38. The number of thiophene rings is 1. The van der Waals surface area contributed by atoms with E-state index in [1.807, 2.05) is 49.0 Å². The van der Waals surface area contributed by atoms with Crippen LogP contribution in [-0.2, 0) is 5.75 Å². The topological polar surface area (TPSA) is 41.1 Å². The molecule has 1 atom stereocenters. The number of carbonyl (C=O) groups is 1. The van der Waals surface area contributed by atoms with E-state index in [2.05, 4.69) is 28.1 Å². The molecule has 0 radical (unpaired) electrons. The minimum Gasteiger partial charge on any atom is -0.337 e. The zero-order valence-corrected chi connectivity index (χ0v) is 13.7. The summed E-state index contributed by atoms with van der Waals surface area (Å²) in [6, 6.07) is 14.1. The zero-order chi connectivity index (χ0) is 14.9. The van der Waals surface area contributed by atoms with Crippen molar-refractivity contribution in [1.82, 2.24) is 10.6 Å². The molecule has 5 heteroatoms. The van der Waals surface area contributed by atoms with Crippen LogP contribution in [0.1, 0.15) is 23.4 Å². The summed E-state index contributed by atoms with van der Waals surface area (Å²) in [7, 11) is 0. The molecule has 0 fully saturated rings. The van der Waals surface area contributed by atoms with Crippen LogP contribution in [0.5, 0.6) is 0 Å². The van der Waals surface area contributed by atoms with Gasteiger partial charge in [0.1, 0.15) is 0 Å². The van der Waals surface area contributed by atoms with Crippen LogP contribution in [0.2, 0.25) is 0 Å². The van der Waals surface area contributed by atoms with Crippen LogP contribution in [-0.4, -0.2) is 18.3 Å². The molecule has 0 saturated heterocycles. The van der Waals surface area contributed by atoms with Gasteiger partial charge in [-0.25, -0.2) is 4.79 Å². The lowest BCUT2D eigenvalue weighted by atomic mass is 10.1. The molecule has 0 aliphatic heterocycles. The van der Waals surface area contributed by atoms with Gasteiger partial charge in [-0.15, -0.1) is 11.3 Å². The molecule has 0 bridgehead atoms. The highest BCUT2D eigenvalue weighted by Crippen LogP contribution is 2.16. The molecule has 1 heterocycles. The monoisotopic (exact) mass is 320 g/mol. The van der Waals surface area contributed by atoms with Gasteiger partial charge in [0.05, 0.1) is 6.04 Å². The average Bonchev–Trinajstić information content (AvgIpc) is 3.01. The highest BCUT2D eigenvalue weighted by molar-refractivity contribution is 7.98. The summed E-state index contributed by atoms with van der Waals surface area (Å²) in [5.41, 5.74) is 1.11. The first-order valence-corrected chi connectivity index (χ1v) is 8.98. The molecule has 0 aliphatic rings. The fourth-order valence-electron chi connectivity index (χ4n) is 1.88. The number of nitrogens with one attached hydrogen (secondary N) is 2. The van der Waals surface area contributed by atoms with Crippen molar-refractivity contribution >= 4 is 29.1 Å². The van der Waals surface area contributed by atoms with Crippen LogP contribution >= 0.6 is 23.1 Å². The first-order chi connectivity index (χ1) is 10.3. The lowest BCUT2D eigenvalue weighted by Gasteiger charge is -2.14. The molecule has 0 spiro atoms. The fourth-order valence-corrected chi connectivity index (χ4v) is 3.58. The molecule has 112 valence electrons.